The van der Waals surface area contributed by atoms with Crippen LogP contribution in [0.25, 0.3) is 0 Å². The molecule has 1 fully saturated rings. The summed E-state index contributed by atoms with van der Waals surface area (Å²) in [6.45, 7) is 0. The number of ether oxygens (including phenoxy) is 1. The van der Waals surface area contributed by atoms with Crippen molar-refractivity contribution in [3.8, 4) is 11.8 Å². The molecule has 0 aliphatic carbocycles. The second-order valence-electron chi connectivity index (χ2n) is 7.27. The van der Waals surface area contributed by atoms with E-state index in [2.05, 4.69) is 6.07 Å². The maximum Gasteiger partial charge on any atom is 0.416 e. The van der Waals surface area contributed by atoms with Gasteiger partial charge in [0.2, 0.25) is 5.91 Å². The van der Waals surface area contributed by atoms with Crippen molar-refractivity contribution >= 4 is 17.7 Å². The van der Waals surface area contributed by atoms with Gasteiger partial charge in [0.15, 0.2) is 5.72 Å². The van der Waals surface area contributed by atoms with Crippen LogP contribution in [-0.4, -0.2) is 28.8 Å². The molecule has 2 aliphatic rings. The molecule has 0 unspecified atom stereocenters. The van der Waals surface area contributed by atoms with Crippen molar-refractivity contribution in [2.75, 3.05) is 12.9 Å². The molecule has 4 rings (SSSR count). The Morgan fingerprint density at radius 2 is 1.97 bits per heavy atom. The molecular formula is C22H17F3N2O3S. The van der Waals surface area contributed by atoms with Gasteiger partial charge in [0.1, 0.15) is 5.75 Å². The first-order valence-electron chi connectivity index (χ1n) is 9.33. The van der Waals surface area contributed by atoms with E-state index in [1.54, 1.807) is 24.3 Å². The van der Waals surface area contributed by atoms with E-state index < -0.39 is 29.3 Å². The maximum atomic E-state index is 13.1. The van der Waals surface area contributed by atoms with E-state index in [0.717, 1.165) is 12.1 Å². The van der Waals surface area contributed by atoms with Gasteiger partial charge >= 0.3 is 6.18 Å². The number of halogens is 3. The number of carbonyl (C=O) groups is 1. The predicted molar refractivity (Wildman–Crippen MR) is 108 cm³/mol. The summed E-state index contributed by atoms with van der Waals surface area (Å²) >= 11 is 1.18. The third-order valence-corrected chi connectivity index (χ3v) is 6.71. The fraction of sp³-hybridized carbons (Fsp3) is 0.273. The van der Waals surface area contributed by atoms with Crippen molar-refractivity contribution in [3.05, 3.63) is 75.8 Å². The fourth-order valence-electron chi connectivity index (χ4n) is 3.90. The lowest BCUT2D eigenvalue weighted by molar-refractivity contribution is -0.149. The highest BCUT2D eigenvalue weighted by Gasteiger charge is 2.52. The van der Waals surface area contributed by atoms with Crippen LogP contribution >= 0.6 is 11.8 Å². The Balaban J connectivity index is 1.75. The number of nitrogens with zero attached hydrogens (tertiary/aromatic N) is 2. The number of carbonyl (C=O) groups excluding carboxylic acids is 1. The summed E-state index contributed by atoms with van der Waals surface area (Å²) in [5, 5.41) is 21.6. The van der Waals surface area contributed by atoms with Crippen molar-refractivity contribution < 1.29 is 27.8 Å². The molecule has 160 valence electrons. The number of thioether (sulfide) groups is 1. The van der Waals surface area contributed by atoms with Crippen LogP contribution in [0, 0.1) is 11.3 Å². The summed E-state index contributed by atoms with van der Waals surface area (Å²) in [6.07, 6.45) is -4.60. The lowest BCUT2D eigenvalue weighted by atomic mass is 9.85. The molecule has 2 aromatic rings. The summed E-state index contributed by atoms with van der Waals surface area (Å²) in [6, 6.07) is 13.3. The molecule has 0 bridgehead atoms. The minimum atomic E-state index is -4.47. The zero-order valence-electron chi connectivity index (χ0n) is 16.3. The van der Waals surface area contributed by atoms with Gasteiger partial charge < -0.3 is 9.84 Å². The van der Waals surface area contributed by atoms with Gasteiger partial charge in [-0.1, -0.05) is 24.3 Å². The minimum absolute atomic E-state index is 0.117. The SMILES string of the molecule is COc1cccc([C@@]2(O)CSC3=C(C#N)[C@@H](c4ccc(C(F)(F)F)cc4)CC(=O)N32)c1. The topological polar surface area (TPSA) is 73.6 Å². The molecule has 0 radical (unpaired) electrons. The normalized spacial score (nSPS) is 23.5. The third-order valence-electron chi connectivity index (χ3n) is 5.48. The molecule has 0 spiro atoms. The van der Waals surface area contributed by atoms with Crippen molar-refractivity contribution in [1.82, 2.24) is 4.90 Å². The van der Waals surface area contributed by atoms with E-state index in [4.69, 9.17) is 4.74 Å². The van der Waals surface area contributed by atoms with E-state index in [0.29, 0.717) is 21.9 Å². The number of rotatable bonds is 3. The highest BCUT2D eigenvalue weighted by molar-refractivity contribution is 8.03. The van der Waals surface area contributed by atoms with Crippen molar-refractivity contribution in [2.24, 2.45) is 0 Å². The molecule has 5 nitrogen and oxygen atoms in total. The van der Waals surface area contributed by atoms with Gasteiger partial charge in [0.25, 0.3) is 0 Å². The van der Waals surface area contributed by atoms with Crippen molar-refractivity contribution in [3.63, 3.8) is 0 Å². The first-order chi connectivity index (χ1) is 14.7. The van der Waals surface area contributed by atoms with Gasteiger partial charge in [-0.25, -0.2) is 0 Å². The Kier molecular flexibility index (Phi) is 5.23. The fourth-order valence-corrected chi connectivity index (χ4v) is 5.26. The van der Waals surface area contributed by atoms with Crippen LogP contribution in [0.5, 0.6) is 5.75 Å². The van der Waals surface area contributed by atoms with Crippen LogP contribution in [0.2, 0.25) is 0 Å². The number of allylic oxidation sites excluding steroid dienone is 1. The third kappa shape index (κ3) is 3.56. The van der Waals surface area contributed by atoms with Crippen LogP contribution in [0.15, 0.2) is 59.1 Å². The van der Waals surface area contributed by atoms with Crippen LogP contribution < -0.4 is 4.74 Å². The summed E-state index contributed by atoms with van der Waals surface area (Å²) in [5.74, 6) is -0.451. The number of nitriles is 1. The first kappa shape index (κ1) is 21.3. The summed E-state index contributed by atoms with van der Waals surface area (Å²) < 4.78 is 43.9. The molecule has 0 aromatic heterocycles. The lowest BCUT2D eigenvalue weighted by Crippen LogP contribution is -2.48. The molecule has 31 heavy (non-hydrogen) atoms. The molecule has 2 aliphatic heterocycles. The molecule has 1 saturated heterocycles. The number of hydrogen-bond acceptors (Lipinski definition) is 5. The molecular weight excluding hydrogens is 429 g/mol. The number of hydrogen-bond donors (Lipinski definition) is 1. The van der Waals surface area contributed by atoms with Crippen LogP contribution in [0.4, 0.5) is 13.2 Å². The Morgan fingerprint density at radius 1 is 1.26 bits per heavy atom. The Morgan fingerprint density at radius 3 is 2.58 bits per heavy atom. The zero-order valence-corrected chi connectivity index (χ0v) is 17.1. The number of fused-ring (bicyclic) bond motifs is 1. The number of amides is 1. The summed E-state index contributed by atoms with van der Waals surface area (Å²) in [4.78, 5) is 14.3. The zero-order chi connectivity index (χ0) is 22.4. The average molecular weight is 446 g/mol. The van der Waals surface area contributed by atoms with Gasteiger partial charge in [-0.2, -0.15) is 18.4 Å². The monoisotopic (exact) mass is 446 g/mol. The number of alkyl halides is 3. The van der Waals surface area contributed by atoms with E-state index in [1.807, 2.05) is 0 Å². The Labute approximate surface area is 180 Å². The Bertz CT molecular complexity index is 1110. The van der Waals surface area contributed by atoms with Crippen LogP contribution in [0.3, 0.4) is 0 Å². The highest BCUT2D eigenvalue weighted by atomic mass is 32.2. The van der Waals surface area contributed by atoms with E-state index >= 15 is 0 Å². The Hall–Kier alpha value is -2.96. The molecule has 0 saturated carbocycles. The van der Waals surface area contributed by atoms with Crippen LogP contribution in [0.1, 0.15) is 29.0 Å². The van der Waals surface area contributed by atoms with Gasteiger partial charge in [0.05, 0.1) is 35.1 Å². The smallest absolute Gasteiger partial charge is 0.416 e. The highest BCUT2D eigenvalue weighted by Crippen LogP contribution is 2.52. The van der Waals surface area contributed by atoms with Gasteiger partial charge in [0, 0.05) is 17.9 Å². The number of methoxy groups -OCH3 is 1. The molecule has 9 heteroatoms. The lowest BCUT2D eigenvalue weighted by Gasteiger charge is -2.38. The standard InChI is InChI=1S/C22H17F3N2O3S/c1-30-16-4-2-3-15(9-16)21(29)12-31-20-18(11-26)17(10-19(28)27(20)21)13-5-7-14(8-6-13)22(23,24)25/h2-9,17,29H,10,12H2,1H3/t17-,21+/m1/s1. The molecule has 2 atom stereocenters. The number of aliphatic hydroxyl groups is 1. The molecule has 2 heterocycles. The van der Waals surface area contributed by atoms with Gasteiger partial charge in [-0.3, -0.25) is 9.69 Å². The van der Waals surface area contributed by atoms with E-state index in [1.165, 1.54) is 35.9 Å². The van der Waals surface area contributed by atoms with Crippen molar-refractivity contribution in [2.45, 2.75) is 24.2 Å². The van der Waals surface area contributed by atoms with Crippen LogP contribution in [-0.2, 0) is 16.7 Å². The molecule has 2 aromatic carbocycles. The average Bonchev–Trinajstić information content (AvgIpc) is 3.12. The van der Waals surface area contributed by atoms with E-state index in [9.17, 15) is 28.3 Å². The van der Waals surface area contributed by atoms with Gasteiger partial charge in [-0.15, -0.1) is 11.8 Å². The maximum absolute atomic E-state index is 13.1. The molecule has 1 amide bonds. The summed E-state index contributed by atoms with van der Waals surface area (Å²) in [7, 11) is 1.49. The quantitative estimate of drug-likeness (QED) is 0.759. The van der Waals surface area contributed by atoms with E-state index in [-0.39, 0.29) is 17.7 Å². The second-order valence-corrected chi connectivity index (χ2v) is 8.24. The predicted octanol–water partition coefficient (Wildman–Crippen LogP) is 4.36. The largest absolute Gasteiger partial charge is 0.497 e. The summed E-state index contributed by atoms with van der Waals surface area (Å²) in [5.41, 5.74) is -1.30. The molecule has 1 N–H and O–H groups in total. The minimum Gasteiger partial charge on any atom is -0.497 e. The van der Waals surface area contributed by atoms with Gasteiger partial charge in [-0.05, 0) is 29.8 Å². The number of benzene rings is 2. The first-order valence-corrected chi connectivity index (χ1v) is 10.3. The van der Waals surface area contributed by atoms with Crippen molar-refractivity contribution in [1.29, 1.82) is 5.26 Å². The second kappa shape index (κ2) is 7.62.